The number of hydrogen-bond acceptors (Lipinski definition) is 8. The fourth-order valence-corrected chi connectivity index (χ4v) is 5.68. The molecular formula is C29H30F2N6O3S. The predicted molar refractivity (Wildman–Crippen MR) is 156 cm³/mol. The molecule has 1 fully saturated rings. The van der Waals surface area contributed by atoms with Gasteiger partial charge in [-0.3, -0.25) is 4.72 Å². The van der Waals surface area contributed by atoms with Gasteiger partial charge in [0.25, 0.3) is 10.0 Å². The minimum absolute atomic E-state index is 0.107. The molecule has 0 aliphatic carbocycles. The van der Waals surface area contributed by atoms with E-state index < -0.39 is 21.7 Å². The molecule has 3 N–H and O–H groups in total. The normalized spacial score (nSPS) is 16.0. The summed E-state index contributed by atoms with van der Waals surface area (Å²) in [4.78, 5) is 13.5. The van der Waals surface area contributed by atoms with Crippen LogP contribution in [0.25, 0.3) is 22.0 Å². The quantitative estimate of drug-likeness (QED) is 0.219. The maximum Gasteiger partial charge on any atom is 0.257 e. The number of aryl methyl sites for hydroxylation is 1. The number of nitrogens with one attached hydrogen (secondary N) is 3. The van der Waals surface area contributed by atoms with E-state index in [4.69, 9.17) is 4.74 Å². The highest BCUT2D eigenvalue weighted by Gasteiger charge is 2.20. The lowest BCUT2D eigenvalue weighted by molar-refractivity contribution is 0.466. The maximum absolute atomic E-state index is 14.9. The van der Waals surface area contributed by atoms with Gasteiger partial charge >= 0.3 is 0 Å². The summed E-state index contributed by atoms with van der Waals surface area (Å²) in [5.74, 6) is -0.549. The second-order valence-corrected chi connectivity index (χ2v) is 11.2. The van der Waals surface area contributed by atoms with Crippen molar-refractivity contribution < 1.29 is 21.9 Å². The average molecular weight is 581 g/mol. The van der Waals surface area contributed by atoms with Gasteiger partial charge in [-0.2, -0.15) is 0 Å². The monoisotopic (exact) mass is 580 g/mol. The second-order valence-electron chi connectivity index (χ2n) is 9.71. The molecule has 2 aromatic carbocycles. The lowest BCUT2D eigenvalue weighted by Gasteiger charge is -2.23. The first-order chi connectivity index (χ1) is 19.7. The smallest absolute Gasteiger partial charge is 0.257 e. The van der Waals surface area contributed by atoms with Crippen LogP contribution in [0.4, 0.5) is 20.4 Å². The Bertz CT molecular complexity index is 1710. The summed E-state index contributed by atoms with van der Waals surface area (Å²) in [6.45, 7) is 5.12. The molecule has 0 saturated carbocycles. The molecule has 4 aromatic rings. The third-order valence-corrected chi connectivity index (χ3v) is 7.75. The van der Waals surface area contributed by atoms with Crippen molar-refractivity contribution in [3.63, 3.8) is 0 Å². The predicted octanol–water partition coefficient (Wildman–Crippen LogP) is 6.06. The first-order valence-corrected chi connectivity index (χ1v) is 14.8. The molecule has 9 nitrogen and oxygen atoms in total. The molecule has 0 spiro atoms. The van der Waals surface area contributed by atoms with E-state index in [0.29, 0.717) is 39.3 Å². The van der Waals surface area contributed by atoms with Gasteiger partial charge in [0.05, 0.1) is 22.4 Å². The Morgan fingerprint density at radius 3 is 2.76 bits per heavy atom. The van der Waals surface area contributed by atoms with Gasteiger partial charge in [-0.25, -0.2) is 32.2 Å². The Labute approximate surface area is 237 Å². The number of benzene rings is 2. The molecule has 1 saturated heterocycles. The zero-order valence-electron chi connectivity index (χ0n) is 22.6. The number of fused-ring (bicyclic) bond motifs is 1. The van der Waals surface area contributed by atoms with E-state index in [9.17, 15) is 17.2 Å². The molecule has 0 amide bonds. The first kappa shape index (κ1) is 28.4. The molecule has 12 heteroatoms. The fraction of sp³-hybridized carbons (Fsp3) is 0.276. The van der Waals surface area contributed by atoms with Crippen molar-refractivity contribution in [3.8, 4) is 22.9 Å². The molecule has 1 aliphatic heterocycles. The standard InChI is InChI=1S/C29H30F2N6O3S/c1-3-19(30)17-41(38,39)37-26-21-9-8-18(2)27(22(21)10-11-24(26)31)40-28-23(7-5-14-33-28)25-12-15-34-29(36-25)35-20-6-4-13-32-16-20/h5,7-12,14-15,17,20,32,37H,3-4,6,13,16H2,1-2H3,(H,34,35,36)/b19-17-/t20-/m0/s1. The maximum atomic E-state index is 14.9. The van der Waals surface area contributed by atoms with Crippen molar-refractivity contribution in [2.75, 3.05) is 23.1 Å². The molecule has 5 rings (SSSR count). The fourth-order valence-electron chi connectivity index (χ4n) is 4.62. The van der Waals surface area contributed by atoms with Crippen molar-refractivity contribution in [2.24, 2.45) is 0 Å². The number of pyridine rings is 1. The van der Waals surface area contributed by atoms with Crippen LogP contribution in [0.15, 0.2) is 66.1 Å². The number of sulfonamides is 1. The summed E-state index contributed by atoms with van der Waals surface area (Å²) in [6, 6.07) is 11.5. The number of nitrogens with zero attached hydrogens (tertiary/aromatic N) is 3. The van der Waals surface area contributed by atoms with E-state index >= 15 is 0 Å². The van der Waals surface area contributed by atoms with Crippen LogP contribution in [-0.4, -0.2) is 42.5 Å². The Morgan fingerprint density at radius 2 is 1.98 bits per heavy atom. The molecule has 1 atom stereocenters. The summed E-state index contributed by atoms with van der Waals surface area (Å²) >= 11 is 0. The number of aromatic nitrogens is 3. The van der Waals surface area contributed by atoms with E-state index in [2.05, 4.69) is 30.3 Å². The van der Waals surface area contributed by atoms with Crippen molar-refractivity contribution in [3.05, 3.63) is 77.5 Å². The van der Waals surface area contributed by atoms with E-state index in [1.165, 1.54) is 13.0 Å². The molecule has 214 valence electrons. The minimum Gasteiger partial charge on any atom is -0.437 e. The molecule has 0 bridgehead atoms. The van der Waals surface area contributed by atoms with Crippen molar-refractivity contribution in [2.45, 2.75) is 39.2 Å². The van der Waals surface area contributed by atoms with Crippen molar-refractivity contribution >= 4 is 32.4 Å². The average Bonchev–Trinajstić information content (AvgIpc) is 2.96. The zero-order valence-corrected chi connectivity index (χ0v) is 23.4. The largest absolute Gasteiger partial charge is 0.437 e. The highest BCUT2D eigenvalue weighted by atomic mass is 32.2. The van der Waals surface area contributed by atoms with Gasteiger partial charge in [-0.1, -0.05) is 19.1 Å². The number of ether oxygens (including phenoxy) is 1. The third-order valence-electron chi connectivity index (χ3n) is 6.69. The van der Waals surface area contributed by atoms with Crippen LogP contribution < -0.4 is 20.1 Å². The summed E-state index contributed by atoms with van der Waals surface area (Å²) in [5.41, 5.74) is 1.61. The second kappa shape index (κ2) is 12.1. The van der Waals surface area contributed by atoms with Crippen LogP contribution in [0.2, 0.25) is 0 Å². The molecule has 1 aliphatic rings. The molecule has 41 heavy (non-hydrogen) atoms. The van der Waals surface area contributed by atoms with E-state index in [1.807, 2.05) is 13.0 Å². The Morgan fingerprint density at radius 1 is 1.15 bits per heavy atom. The summed E-state index contributed by atoms with van der Waals surface area (Å²) in [7, 11) is -4.30. The van der Waals surface area contributed by atoms with Crippen LogP contribution in [0.1, 0.15) is 31.7 Å². The van der Waals surface area contributed by atoms with Gasteiger partial charge in [0, 0.05) is 35.8 Å². The number of rotatable bonds is 9. The molecule has 0 unspecified atom stereocenters. The van der Waals surface area contributed by atoms with E-state index in [-0.39, 0.29) is 29.4 Å². The van der Waals surface area contributed by atoms with E-state index in [0.717, 1.165) is 32.0 Å². The highest BCUT2D eigenvalue weighted by Crippen LogP contribution is 2.39. The zero-order chi connectivity index (χ0) is 29.0. The van der Waals surface area contributed by atoms with Crippen LogP contribution >= 0.6 is 0 Å². The Hall–Kier alpha value is -4.16. The molecular weight excluding hydrogens is 550 g/mol. The van der Waals surface area contributed by atoms with Crippen LogP contribution in [0, 0.1) is 12.7 Å². The van der Waals surface area contributed by atoms with Crippen LogP contribution in [-0.2, 0) is 10.0 Å². The Kier molecular flexibility index (Phi) is 8.41. The van der Waals surface area contributed by atoms with Crippen molar-refractivity contribution in [1.82, 2.24) is 20.3 Å². The van der Waals surface area contributed by atoms with E-state index in [1.54, 1.807) is 36.7 Å². The number of anilines is 2. The number of hydrogen-bond donors (Lipinski definition) is 3. The summed E-state index contributed by atoms with van der Waals surface area (Å²) in [6.07, 6.45) is 5.23. The first-order valence-electron chi connectivity index (χ1n) is 13.3. The van der Waals surface area contributed by atoms with Gasteiger partial charge in [0.15, 0.2) is 0 Å². The lowest BCUT2D eigenvalue weighted by Crippen LogP contribution is -2.38. The Balaban J connectivity index is 1.51. The number of allylic oxidation sites excluding steroid dienone is 1. The van der Waals surface area contributed by atoms with Gasteiger partial charge in [0.1, 0.15) is 17.4 Å². The van der Waals surface area contributed by atoms with Gasteiger partial charge in [-0.05, 0) is 68.6 Å². The topological polar surface area (TPSA) is 118 Å². The highest BCUT2D eigenvalue weighted by molar-refractivity contribution is 7.95. The van der Waals surface area contributed by atoms with Crippen LogP contribution in [0.5, 0.6) is 11.6 Å². The molecule has 3 heterocycles. The van der Waals surface area contributed by atoms with Crippen molar-refractivity contribution in [1.29, 1.82) is 0 Å². The third kappa shape index (κ3) is 6.60. The molecule has 0 radical (unpaired) electrons. The minimum atomic E-state index is -4.30. The van der Waals surface area contributed by atoms with Gasteiger partial charge < -0.3 is 15.4 Å². The number of piperidine rings is 1. The van der Waals surface area contributed by atoms with Gasteiger partial charge in [-0.15, -0.1) is 0 Å². The summed E-state index contributed by atoms with van der Waals surface area (Å²) in [5, 5.41) is 7.87. The van der Waals surface area contributed by atoms with Crippen LogP contribution in [0.3, 0.4) is 0 Å². The number of halogens is 2. The summed E-state index contributed by atoms with van der Waals surface area (Å²) < 4.78 is 62.1. The molecule has 2 aromatic heterocycles. The lowest BCUT2D eigenvalue weighted by atomic mass is 10.0. The SMILES string of the molecule is CC/C(F)=C/S(=O)(=O)Nc1c(F)ccc2c(Oc3ncccc3-c3ccnc(N[C@H]4CCCNC4)n3)c(C)ccc12. The van der Waals surface area contributed by atoms with Gasteiger partial charge in [0.2, 0.25) is 11.8 Å².